The maximum atomic E-state index is 13.4. The molecule has 2 N–H and O–H groups in total. The highest BCUT2D eigenvalue weighted by molar-refractivity contribution is 7.91. The van der Waals surface area contributed by atoms with Gasteiger partial charge in [-0.15, -0.1) is 11.3 Å². The van der Waals surface area contributed by atoms with E-state index in [1.165, 1.54) is 11.3 Å². The Hall–Kier alpha value is -2.65. The van der Waals surface area contributed by atoms with E-state index < -0.39 is 21.8 Å². The van der Waals surface area contributed by atoms with Crippen molar-refractivity contribution in [2.75, 3.05) is 16.8 Å². The van der Waals surface area contributed by atoms with E-state index in [-0.39, 0.29) is 23.2 Å². The molecule has 1 saturated heterocycles. The Kier molecular flexibility index (Phi) is 6.04. The van der Waals surface area contributed by atoms with E-state index in [4.69, 9.17) is 4.42 Å². The average Bonchev–Trinajstić information content (AvgIpc) is 3.41. The quantitative estimate of drug-likeness (QED) is 0.524. The molecule has 1 aromatic carbocycles. The molecular formula is C26H30N2O5S2. The van der Waals surface area contributed by atoms with Crippen LogP contribution in [0.5, 0.6) is 0 Å². The lowest BCUT2D eigenvalue weighted by molar-refractivity contribution is 0.0941. The Morgan fingerprint density at radius 1 is 1.09 bits per heavy atom. The van der Waals surface area contributed by atoms with Crippen LogP contribution in [0.15, 0.2) is 16.5 Å². The third-order valence-corrected chi connectivity index (χ3v) is 10.2. The molecule has 186 valence electrons. The predicted molar refractivity (Wildman–Crippen MR) is 138 cm³/mol. The highest BCUT2D eigenvalue weighted by Crippen LogP contribution is 2.40. The molecule has 0 saturated carbocycles. The molecule has 35 heavy (non-hydrogen) atoms. The summed E-state index contributed by atoms with van der Waals surface area (Å²) in [6.45, 7) is 8.08. The SMILES string of the molecule is Cc1cc2oc(C(=O)Nc3sc4c(c3C(=O)N[C@H]3CCS(=O)(=O)C3)CC[C@H](C)C4)c(C)c2cc1C. The number of hydrogen-bond donors (Lipinski definition) is 2. The van der Waals surface area contributed by atoms with Gasteiger partial charge in [0.15, 0.2) is 15.6 Å². The van der Waals surface area contributed by atoms with Crippen LogP contribution in [0.25, 0.3) is 11.0 Å². The van der Waals surface area contributed by atoms with Gasteiger partial charge in [0, 0.05) is 21.9 Å². The van der Waals surface area contributed by atoms with Gasteiger partial charge in [0.05, 0.1) is 17.1 Å². The lowest BCUT2D eigenvalue weighted by Gasteiger charge is -2.19. The topological polar surface area (TPSA) is 105 Å². The molecule has 7 nitrogen and oxygen atoms in total. The fourth-order valence-corrected chi connectivity index (χ4v) is 8.17. The van der Waals surface area contributed by atoms with E-state index in [9.17, 15) is 18.0 Å². The number of carbonyl (C=O) groups excluding carboxylic acids is 2. The van der Waals surface area contributed by atoms with Crippen LogP contribution < -0.4 is 10.6 Å². The highest BCUT2D eigenvalue weighted by Gasteiger charge is 2.33. The maximum absolute atomic E-state index is 13.4. The van der Waals surface area contributed by atoms with Crippen molar-refractivity contribution in [1.82, 2.24) is 5.32 Å². The third-order valence-electron chi connectivity index (χ3n) is 7.29. The van der Waals surface area contributed by atoms with Crippen molar-refractivity contribution in [1.29, 1.82) is 0 Å². The second kappa shape index (κ2) is 8.78. The van der Waals surface area contributed by atoms with E-state index >= 15 is 0 Å². The predicted octanol–water partition coefficient (Wildman–Crippen LogP) is 4.71. The van der Waals surface area contributed by atoms with Crippen LogP contribution in [0.4, 0.5) is 5.00 Å². The molecule has 2 amide bonds. The van der Waals surface area contributed by atoms with Crippen molar-refractivity contribution in [3.63, 3.8) is 0 Å². The largest absolute Gasteiger partial charge is 0.451 e. The normalized spacial score (nSPS) is 21.1. The number of amides is 2. The van der Waals surface area contributed by atoms with Crippen molar-refractivity contribution < 1.29 is 22.4 Å². The minimum absolute atomic E-state index is 0.0409. The molecule has 2 aromatic heterocycles. The molecule has 0 bridgehead atoms. The summed E-state index contributed by atoms with van der Waals surface area (Å²) in [6, 6.07) is 3.56. The number of fused-ring (bicyclic) bond motifs is 2. The molecule has 0 radical (unpaired) electrons. The molecule has 3 aromatic rings. The van der Waals surface area contributed by atoms with Crippen LogP contribution in [-0.4, -0.2) is 37.8 Å². The Morgan fingerprint density at radius 2 is 1.83 bits per heavy atom. The van der Waals surface area contributed by atoms with Crippen molar-refractivity contribution in [3.05, 3.63) is 50.6 Å². The molecule has 2 aliphatic rings. The van der Waals surface area contributed by atoms with Gasteiger partial charge < -0.3 is 15.1 Å². The molecule has 9 heteroatoms. The molecule has 0 unspecified atom stereocenters. The van der Waals surface area contributed by atoms with Crippen LogP contribution in [0.1, 0.15) is 67.8 Å². The van der Waals surface area contributed by atoms with Crippen LogP contribution >= 0.6 is 11.3 Å². The van der Waals surface area contributed by atoms with Gasteiger partial charge in [0.2, 0.25) is 0 Å². The molecular weight excluding hydrogens is 484 g/mol. The summed E-state index contributed by atoms with van der Waals surface area (Å²) in [4.78, 5) is 27.8. The number of nitrogens with one attached hydrogen (secondary N) is 2. The number of hydrogen-bond acceptors (Lipinski definition) is 6. The van der Waals surface area contributed by atoms with Crippen molar-refractivity contribution in [2.45, 2.75) is 59.4 Å². The summed E-state index contributed by atoms with van der Waals surface area (Å²) in [6.07, 6.45) is 3.00. The van der Waals surface area contributed by atoms with Gasteiger partial charge >= 0.3 is 0 Å². The van der Waals surface area contributed by atoms with Crippen molar-refractivity contribution in [2.24, 2.45) is 5.92 Å². The zero-order valence-corrected chi connectivity index (χ0v) is 22.0. The van der Waals surface area contributed by atoms with Gasteiger partial charge in [-0.05, 0) is 81.2 Å². The first-order valence-corrected chi connectivity index (χ1v) is 14.6. The van der Waals surface area contributed by atoms with Crippen LogP contribution in [0.3, 0.4) is 0 Å². The second-order valence-corrected chi connectivity index (χ2v) is 13.4. The summed E-state index contributed by atoms with van der Waals surface area (Å²) in [5, 5.41) is 7.27. The fourth-order valence-electron chi connectivity index (χ4n) is 5.10. The summed E-state index contributed by atoms with van der Waals surface area (Å²) < 4.78 is 29.7. The van der Waals surface area contributed by atoms with E-state index in [1.54, 1.807) is 0 Å². The number of carbonyl (C=O) groups is 2. The van der Waals surface area contributed by atoms with E-state index in [2.05, 4.69) is 17.6 Å². The van der Waals surface area contributed by atoms with E-state index in [0.717, 1.165) is 51.8 Å². The van der Waals surface area contributed by atoms with Crippen LogP contribution in [0.2, 0.25) is 0 Å². The first-order valence-electron chi connectivity index (χ1n) is 12.0. The highest BCUT2D eigenvalue weighted by atomic mass is 32.2. The molecule has 1 fully saturated rings. The monoisotopic (exact) mass is 514 g/mol. The lowest BCUT2D eigenvalue weighted by atomic mass is 9.88. The fraction of sp³-hybridized carbons (Fsp3) is 0.462. The minimum atomic E-state index is -3.12. The minimum Gasteiger partial charge on any atom is -0.451 e. The Bertz CT molecular complexity index is 1460. The first kappa shape index (κ1) is 24.1. The summed E-state index contributed by atoms with van der Waals surface area (Å²) in [5.74, 6) is 0.0779. The standard InChI is InChI=1S/C26H30N2O5S2/c1-13-5-6-18-21(9-13)34-26(22(18)24(29)27-17-7-8-35(31,32)12-17)28-25(30)23-16(4)19-10-14(2)15(3)11-20(19)33-23/h10-11,13,17H,5-9,12H2,1-4H3,(H,27,29)(H,28,30)/t13-,17-/m0/s1. The zero-order valence-electron chi connectivity index (χ0n) is 20.4. The number of anilines is 1. The maximum Gasteiger partial charge on any atom is 0.292 e. The number of thiophene rings is 1. The smallest absolute Gasteiger partial charge is 0.292 e. The molecule has 2 atom stereocenters. The molecule has 1 aliphatic carbocycles. The Labute approximate surface area is 209 Å². The molecule has 3 heterocycles. The van der Waals surface area contributed by atoms with Gasteiger partial charge in [-0.1, -0.05) is 6.92 Å². The summed E-state index contributed by atoms with van der Waals surface area (Å²) in [5.41, 5.74) is 5.07. The first-order chi connectivity index (χ1) is 16.5. The van der Waals surface area contributed by atoms with Crippen LogP contribution in [0, 0.1) is 26.7 Å². The van der Waals surface area contributed by atoms with Gasteiger partial charge in [-0.2, -0.15) is 0 Å². The van der Waals surface area contributed by atoms with Crippen molar-refractivity contribution in [3.8, 4) is 0 Å². The van der Waals surface area contributed by atoms with Gasteiger partial charge in [-0.3, -0.25) is 9.59 Å². The number of aryl methyl sites for hydroxylation is 3. The molecule has 5 rings (SSSR count). The molecule has 0 spiro atoms. The average molecular weight is 515 g/mol. The van der Waals surface area contributed by atoms with Gasteiger partial charge in [0.1, 0.15) is 10.6 Å². The number of benzene rings is 1. The zero-order chi connectivity index (χ0) is 25.1. The summed E-state index contributed by atoms with van der Waals surface area (Å²) in [7, 11) is -3.12. The van der Waals surface area contributed by atoms with Gasteiger partial charge in [-0.25, -0.2) is 8.42 Å². The number of furan rings is 1. The third kappa shape index (κ3) is 4.51. The van der Waals surface area contributed by atoms with Crippen molar-refractivity contribution >= 4 is 49.0 Å². The van der Waals surface area contributed by atoms with Gasteiger partial charge in [0.25, 0.3) is 11.8 Å². The Balaban J connectivity index is 1.48. The molecule has 1 aliphatic heterocycles. The van der Waals surface area contributed by atoms with E-state index in [1.807, 2.05) is 32.9 Å². The lowest BCUT2D eigenvalue weighted by Crippen LogP contribution is -2.36. The van der Waals surface area contributed by atoms with E-state index in [0.29, 0.717) is 28.5 Å². The number of sulfone groups is 1. The summed E-state index contributed by atoms with van der Waals surface area (Å²) >= 11 is 1.44. The Morgan fingerprint density at radius 3 is 2.54 bits per heavy atom. The second-order valence-electron chi connectivity index (χ2n) is 10.1. The number of rotatable bonds is 4. The van der Waals surface area contributed by atoms with Crippen LogP contribution in [-0.2, 0) is 22.7 Å².